The highest BCUT2D eigenvalue weighted by Crippen LogP contribution is 2.39. The van der Waals surface area contributed by atoms with Gasteiger partial charge in [-0.1, -0.05) is 0 Å². The summed E-state index contributed by atoms with van der Waals surface area (Å²) in [5.41, 5.74) is 1.42. The number of aromatic amines is 1. The molecule has 0 radical (unpaired) electrons. The Hall–Kier alpha value is -3.24. The van der Waals surface area contributed by atoms with Gasteiger partial charge in [0, 0.05) is 30.7 Å². The van der Waals surface area contributed by atoms with Crippen molar-refractivity contribution in [1.29, 1.82) is 0 Å². The van der Waals surface area contributed by atoms with Crippen molar-refractivity contribution in [3.8, 4) is 17.0 Å². The zero-order chi connectivity index (χ0) is 20.8. The molecular weight excluding hydrogens is 393 g/mol. The Morgan fingerprint density at radius 2 is 2.21 bits per heavy atom. The number of carbonyl (C=O) groups excluding carboxylic acids is 2. The quantitative estimate of drug-likeness (QED) is 0.811. The van der Waals surface area contributed by atoms with Gasteiger partial charge in [0.15, 0.2) is 0 Å². The number of nitrogens with zero attached hydrogens (tertiary/aromatic N) is 2. The average molecular weight is 410 g/mol. The number of imidazole rings is 1. The van der Waals surface area contributed by atoms with Gasteiger partial charge in [0.1, 0.15) is 11.9 Å². The number of nitrogens with one attached hydrogen (secondary N) is 2. The van der Waals surface area contributed by atoms with E-state index in [2.05, 4.69) is 15.3 Å². The number of anilines is 1. The number of carbonyl (C=O) groups is 2. The number of aromatic nitrogens is 2. The summed E-state index contributed by atoms with van der Waals surface area (Å²) in [5.74, 6) is -0.950. The predicted octanol–water partition coefficient (Wildman–Crippen LogP) is 2.49. The first-order valence-corrected chi connectivity index (χ1v) is 8.88. The Bertz CT molecular complexity index is 973. The molecule has 8 nitrogen and oxygen atoms in total. The monoisotopic (exact) mass is 410 g/mol. The van der Waals surface area contributed by atoms with Crippen molar-refractivity contribution >= 4 is 17.7 Å². The van der Waals surface area contributed by atoms with Crippen molar-refractivity contribution in [2.24, 2.45) is 0 Å². The molecule has 2 aliphatic rings. The summed E-state index contributed by atoms with van der Waals surface area (Å²) in [6, 6.07) is 4.75. The molecule has 4 rings (SSSR count). The fourth-order valence-corrected chi connectivity index (χ4v) is 3.30. The third kappa shape index (κ3) is 3.71. The summed E-state index contributed by atoms with van der Waals surface area (Å²) < 4.78 is 49.9. The summed E-state index contributed by atoms with van der Waals surface area (Å²) in [7, 11) is 0. The van der Waals surface area contributed by atoms with Gasteiger partial charge in [-0.25, -0.2) is 9.78 Å². The summed E-state index contributed by atoms with van der Waals surface area (Å²) in [6.45, 7) is 1.95. The highest BCUT2D eigenvalue weighted by Gasteiger charge is 2.37. The van der Waals surface area contributed by atoms with E-state index in [1.54, 1.807) is 18.2 Å². The minimum atomic E-state index is -4.57. The molecule has 0 aliphatic carbocycles. The largest absolute Gasteiger partial charge is 0.492 e. The van der Waals surface area contributed by atoms with Crippen molar-refractivity contribution in [2.75, 3.05) is 24.6 Å². The van der Waals surface area contributed by atoms with Crippen LogP contribution in [0.3, 0.4) is 0 Å². The highest BCUT2D eigenvalue weighted by atomic mass is 19.4. The smallest absolute Gasteiger partial charge is 0.449 e. The molecule has 1 unspecified atom stereocenters. The number of amides is 2. The molecule has 1 saturated heterocycles. The SMILES string of the molecule is CC(=O)NCC1CN(c2ccc3c(c2)OCCc2[nH]c(C(F)(F)F)nc2-3)C(=O)O1. The molecule has 1 fully saturated rings. The van der Waals surface area contributed by atoms with Gasteiger partial charge in [0.2, 0.25) is 11.7 Å². The topological polar surface area (TPSA) is 96.5 Å². The lowest BCUT2D eigenvalue weighted by Gasteiger charge is -2.16. The number of H-pyrrole nitrogens is 1. The lowest BCUT2D eigenvalue weighted by atomic mass is 10.1. The molecule has 154 valence electrons. The number of hydrogen-bond donors (Lipinski definition) is 2. The van der Waals surface area contributed by atoms with Crippen LogP contribution in [0, 0.1) is 0 Å². The van der Waals surface area contributed by atoms with Crippen molar-refractivity contribution < 1.29 is 32.2 Å². The first-order valence-electron chi connectivity index (χ1n) is 8.88. The number of rotatable bonds is 3. The third-order valence-corrected chi connectivity index (χ3v) is 4.64. The number of halogens is 3. The van der Waals surface area contributed by atoms with Crippen LogP contribution < -0.4 is 15.0 Å². The normalized spacial score (nSPS) is 18.4. The van der Waals surface area contributed by atoms with E-state index in [9.17, 15) is 22.8 Å². The molecule has 2 aliphatic heterocycles. The van der Waals surface area contributed by atoms with Gasteiger partial charge in [0.25, 0.3) is 0 Å². The Morgan fingerprint density at radius 3 is 2.93 bits per heavy atom. The maximum Gasteiger partial charge on any atom is 0.449 e. The van der Waals surface area contributed by atoms with E-state index in [-0.39, 0.29) is 37.7 Å². The summed E-state index contributed by atoms with van der Waals surface area (Å²) in [4.78, 5) is 30.6. The van der Waals surface area contributed by atoms with E-state index in [4.69, 9.17) is 9.47 Å². The number of ether oxygens (including phenoxy) is 2. The number of fused-ring (bicyclic) bond motifs is 3. The maximum absolute atomic E-state index is 13.0. The molecule has 1 aromatic carbocycles. The second-order valence-corrected chi connectivity index (χ2v) is 6.74. The van der Waals surface area contributed by atoms with Crippen molar-refractivity contribution in [1.82, 2.24) is 15.3 Å². The van der Waals surface area contributed by atoms with Crippen LogP contribution in [0.25, 0.3) is 11.3 Å². The molecule has 1 aromatic heterocycles. The van der Waals surface area contributed by atoms with Gasteiger partial charge in [-0.2, -0.15) is 13.2 Å². The van der Waals surface area contributed by atoms with E-state index in [1.807, 2.05) is 0 Å². The summed E-state index contributed by atoms with van der Waals surface area (Å²) in [6.07, 6.45) is -5.41. The van der Waals surface area contributed by atoms with Crippen LogP contribution in [0.4, 0.5) is 23.7 Å². The van der Waals surface area contributed by atoms with Gasteiger partial charge in [0.05, 0.1) is 31.1 Å². The Labute approximate surface area is 163 Å². The third-order valence-electron chi connectivity index (χ3n) is 4.64. The fraction of sp³-hybridized carbons (Fsp3) is 0.389. The lowest BCUT2D eigenvalue weighted by Crippen LogP contribution is -2.33. The molecule has 29 heavy (non-hydrogen) atoms. The molecule has 11 heteroatoms. The van der Waals surface area contributed by atoms with Crippen molar-refractivity contribution in [3.63, 3.8) is 0 Å². The molecule has 3 heterocycles. The second kappa shape index (κ2) is 6.98. The van der Waals surface area contributed by atoms with E-state index in [0.29, 0.717) is 22.7 Å². The van der Waals surface area contributed by atoms with E-state index >= 15 is 0 Å². The average Bonchev–Trinajstić information content (AvgIpc) is 3.19. The van der Waals surface area contributed by atoms with Crippen LogP contribution in [0.15, 0.2) is 18.2 Å². The Kier molecular flexibility index (Phi) is 4.59. The highest BCUT2D eigenvalue weighted by molar-refractivity contribution is 5.91. The van der Waals surface area contributed by atoms with Crippen LogP contribution in [-0.2, 0) is 22.1 Å². The van der Waals surface area contributed by atoms with E-state index in [1.165, 1.54) is 11.8 Å². The fourth-order valence-electron chi connectivity index (χ4n) is 3.30. The van der Waals surface area contributed by atoms with Crippen LogP contribution in [0.5, 0.6) is 5.75 Å². The zero-order valence-electron chi connectivity index (χ0n) is 15.3. The minimum Gasteiger partial charge on any atom is -0.492 e. The Morgan fingerprint density at radius 1 is 1.41 bits per heavy atom. The van der Waals surface area contributed by atoms with Crippen LogP contribution in [0.2, 0.25) is 0 Å². The first kappa shape index (κ1) is 19.1. The number of benzene rings is 1. The molecule has 2 amide bonds. The standard InChI is InChI=1S/C18H17F3N4O4/c1-9(26)22-7-11-8-25(17(27)29-11)10-2-3-12-14(6-10)28-5-4-13-15(12)24-16(23-13)18(19,20)21/h2-3,6,11H,4-5,7-8H2,1H3,(H,22,26)(H,23,24). The summed E-state index contributed by atoms with van der Waals surface area (Å²) >= 11 is 0. The molecule has 0 saturated carbocycles. The Balaban J connectivity index is 1.61. The number of hydrogen-bond acceptors (Lipinski definition) is 5. The van der Waals surface area contributed by atoms with Crippen molar-refractivity contribution in [3.05, 3.63) is 29.7 Å². The predicted molar refractivity (Wildman–Crippen MR) is 94.5 cm³/mol. The number of alkyl halides is 3. The van der Waals surface area contributed by atoms with Gasteiger partial charge in [-0.15, -0.1) is 0 Å². The summed E-state index contributed by atoms with van der Waals surface area (Å²) in [5, 5.41) is 2.59. The molecule has 2 N–H and O–H groups in total. The number of cyclic esters (lactones) is 1. The van der Waals surface area contributed by atoms with Gasteiger partial charge in [-0.3, -0.25) is 9.69 Å². The van der Waals surface area contributed by atoms with Crippen LogP contribution in [-0.4, -0.2) is 47.8 Å². The van der Waals surface area contributed by atoms with Crippen LogP contribution >= 0.6 is 0 Å². The molecular formula is C18H17F3N4O4. The maximum atomic E-state index is 13.0. The lowest BCUT2D eigenvalue weighted by molar-refractivity contribution is -0.144. The minimum absolute atomic E-state index is 0.165. The zero-order valence-corrected chi connectivity index (χ0v) is 15.3. The molecule has 2 aromatic rings. The van der Waals surface area contributed by atoms with Gasteiger partial charge < -0.3 is 19.8 Å². The van der Waals surface area contributed by atoms with Gasteiger partial charge in [-0.05, 0) is 12.1 Å². The van der Waals surface area contributed by atoms with Crippen LogP contribution in [0.1, 0.15) is 18.4 Å². The molecule has 0 bridgehead atoms. The van der Waals surface area contributed by atoms with E-state index in [0.717, 1.165) is 0 Å². The van der Waals surface area contributed by atoms with Gasteiger partial charge >= 0.3 is 12.3 Å². The molecule has 0 spiro atoms. The van der Waals surface area contributed by atoms with E-state index < -0.39 is 24.2 Å². The second-order valence-electron chi connectivity index (χ2n) is 6.74. The van der Waals surface area contributed by atoms with Crippen molar-refractivity contribution in [2.45, 2.75) is 25.6 Å². The first-order chi connectivity index (χ1) is 13.7. The molecule has 1 atom stereocenters.